The molecular weight excluding hydrogens is 328 g/mol. The van der Waals surface area contributed by atoms with Crippen molar-refractivity contribution >= 4 is 11.0 Å². The SMILES string of the molecule is Cc1nc2ccccc2nc1CN(C)Cc1nc(-c2cccnc2)no1. The molecule has 3 heterocycles. The molecular formula is C19H18N6O. The lowest BCUT2D eigenvalue weighted by molar-refractivity contribution is 0.258. The van der Waals surface area contributed by atoms with Crippen LogP contribution in [0.5, 0.6) is 0 Å². The van der Waals surface area contributed by atoms with E-state index >= 15 is 0 Å². The van der Waals surface area contributed by atoms with Gasteiger partial charge in [-0.25, -0.2) is 9.97 Å². The van der Waals surface area contributed by atoms with E-state index in [0.29, 0.717) is 24.8 Å². The van der Waals surface area contributed by atoms with Crippen LogP contribution in [0.4, 0.5) is 0 Å². The van der Waals surface area contributed by atoms with E-state index in [-0.39, 0.29) is 0 Å². The molecule has 7 nitrogen and oxygen atoms in total. The molecule has 7 heteroatoms. The lowest BCUT2D eigenvalue weighted by atomic mass is 10.2. The van der Waals surface area contributed by atoms with Crippen LogP contribution in [0.2, 0.25) is 0 Å². The van der Waals surface area contributed by atoms with Gasteiger partial charge in [0.2, 0.25) is 11.7 Å². The summed E-state index contributed by atoms with van der Waals surface area (Å²) >= 11 is 0. The minimum Gasteiger partial charge on any atom is -0.338 e. The highest BCUT2D eigenvalue weighted by atomic mass is 16.5. The van der Waals surface area contributed by atoms with E-state index in [4.69, 9.17) is 9.51 Å². The van der Waals surface area contributed by atoms with Gasteiger partial charge in [0.25, 0.3) is 0 Å². The number of aryl methyl sites for hydroxylation is 1. The molecule has 0 aliphatic rings. The van der Waals surface area contributed by atoms with Gasteiger partial charge in [-0.3, -0.25) is 9.88 Å². The van der Waals surface area contributed by atoms with E-state index in [2.05, 4.69) is 25.0 Å². The second-order valence-corrected chi connectivity index (χ2v) is 6.17. The number of aromatic nitrogens is 5. The predicted molar refractivity (Wildman–Crippen MR) is 97.0 cm³/mol. The van der Waals surface area contributed by atoms with Crippen molar-refractivity contribution in [2.45, 2.75) is 20.0 Å². The summed E-state index contributed by atoms with van der Waals surface area (Å²) in [4.78, 5) is 20.0. The molecule has 0 aliphatic carbocycles. The number of para-hydroxylation sites is 2. The first-order valence-corrected chi connectivity index (χ1v) is 8.33. The van der Waals surface area contributed by atoms with Gasteiger partial charge >= 0.3 is 0 Å². The van der Waals surface area contributed by atoms with Crippen molar-refractivity contribution in [3.8, 4) is 11.4 Å². The highest BCUT2D eigenvalue weighted by molar-refractivity contribution is 5.74. The molecule has 3 aromatic heterocycles. The molecule has 0 bridgehead atoms. The number of benzene rings is 1. The molecule has 0 fully saturated rings. The quantitative estimate of drug-likeness (QED) is 0.549. The fraction of sp³-hybridized carbons (Fsp3) is 0.211. The number of nitrogens with zero attached hydrogens (tertiary/aromatic N) is 6. The predicted octanol–water partition coefficient (Wildman–Crippen LogP) is 3.02. The molecule has 4 aromatic rings. The van der Waals surface area contributed by atoms with Crippen LogP contribution in [-0.2, 0) is 13.1 Å². The molecule has 0 spiro atoms. The summed E-state index contributed by atoms with van der Waals surface area (Å²) in [6, 6.07) is 11.6. The van der Waals surface area contributed by atoms with Crippen LogP contribution >= 0.6 is 0 Å². The maximum Gasteiger partial charge on any atom is 0.241 e. The maximum atomic E-state index is 5.36. The molecule has 1 aromatic carbocycles. The summed E-state index contributed by atoms with van der Waals surface area (Å²) in [7, 11) is 1.99. The van der Waals surface area contributed by atoms with E-state index in [9.17, 15) is 0 Å². The Kier molecular flexibility index (Phi) is 4.37. The Labute approximate surface area is 150 Å². The van der Waals surface area contributed by atoms with Gasteiger partial charge in [0.1, 0.15) is 0 Å². The molecule has 130 valence electrons. The zero-order valence-corrected chi connectivity index (χ0v) is 14.6. The standard InChI is InChI=1S/C19H18N6O/c1-13-17(22-16-8-4-3-7-15(16)21-13)11-25(2)12-18-23-19(24-26-18)14-6-5-9-20-10-14/h3-10H,11-12H2,1-2H3. The van der Waals surface area contributed by atoms with E-state index in [1.807, 2.05) is 50.4 Å². The van der Waals surface area contributed by atoms with Crippen LogP contribution in [0.1, 0.15) is 17.3 Å². The van der Waals surface area contributed by atoms with E-state index in [0.717, 1.165) is 28.0 Å². The van der Waals surface area contributed by atoms with Gasteiger partial charge < -0.3 is 4.52 Å². The van der Waals surface area contributed by atoms with Gasteiger partial charge in [-0.2, -0.15) is 4.98 Å². The third kappa shape index (κ3) is 3.43. The number of rotatable bonds is 5. The first kappa shape index (κ1) is 16.3. The lowest BCUT2D eigenvalue weighted by Gasteiger charge is -2.15. The van der Waals surface area contributed by atoms with Gasteiger partial charge in [0.15, 0.2) is 0 Å². The van der Waals surface area contributed by atoms with Crippen molar-refractivity contribution in [1.82, 2.24) is 30.0 Å². The second-order valence-electron chi connectivity index (χ2n) is 6.17. The third-order valence-corrected chi connectivity index (χ3v) is 4.06. The fourth-order valence-electron chi connectivity index (χ4n) is 2.75. The number of fused-ring (bicyclic) bond motifs is 1. The molecule has 0 saturated carbocycles. The zero-order chi connectivity index (χ0) is 17.9. The van der Waals surface area contributed by atoms with E-state index in [1.165, 1.54) is 0 Å². The average molecular weight is 346 g/mol. The first-order chi connectivity index (χ1) is 12.7. The number of hydrogen-bond acceptors (Lipinski definition) is 7. The summed E-state index contributed by atoms with van der Waals surface area (Å²) in [5, 5.41) is 4.02. The summed E-state index contributed by atoms with van der Waals surface area (Å²) in [5.74, 6) is 1.10. The number of pyridine rings is 1. The van der Waals surface area contributed by atoms with Crippen LogP contribution in [0.3, 0.4) is 0 Å². The fourth-order valence-corrected chi connectivity index (χ4v) is 2.75. The van der Waals surface area contributed by atoms with Crippen molar-refractivity contribution in [3.63, 3.8) is 0 Å². The van der Waals surface area contributed by atoms with Crippen LogP contribution in [-0.4, -0.2) is 37.0 Å². The monoisotopic (exact) mass is 346 g/mol. The Morgan fingerprint density at radius 2 is 1.77 bits per heavy atom. The van der Waals surface area contributed by atoms with Gasteiger partial charge in [-0.15, -0.1) is 0 Å². The Hall–Kier alpha value is -3.19. The molecule has 4 rings (SSSR count). The highest BCUT2D eigenvalue weighted by Gasteiger charge is 2.13. The Bertz CT molecular complexity index is 1030. The molecule has 0 amide bonds. The topological polar surface area (TPSA) is 80.8 Å². The second kappa shape index (κ2) is 6.97. The van der Waals surface area contributed by atoms with Crippen molar-refractivity contribution in [1.29, 1.82) is 0 Å². The molecule has 0 aliphatic heterocycles. The first-order valence-electron chi connectivity index (χ1n) is 8.33. The van der Waals surface area contributed by atoms with Gasteiger partial charge in [-0.1, -0.05) is 17.3 Å². The van der Waals surface area contributed by atoms with Crippen LogP contribution in [0.25, 0.3) is 22.4 Å². The molecule has 0 radical (unpaired) electrons. The minimum atomic E-state index is 0.529. The minimum absolute atomic E-state index is 0.529. The van der Waals surface area contributed by atoms with Crippen molar-refractivity contribution in [2.75, 3.05) is 7.05 Å². The van der Waals surface area contributed by atoms with Crippen LogP contribution in [0, 0.1) is 6.92 Å². The van der Waals surface area contributed by atoms with Gasteiger partial charge in [-0.05, 0) is 38.2 Å². The Morgan fingerprint density at radius 3 is 2.54 bits per heavy atom. The largest absolute Gasteiger partial charge is 0.338 e. The van der Waals surface area contributed by atoms with Gasteiger partial charge in [0, 0.05) is 24.5 Å². The Morgan fingerprint density at radius 1 is 0.962 bits per heavy atom. The number of hydrogen-bond donors (Lipinski definition) is 0. The van der Waals surface area contributed by atoms with Crippen molar-refractivity contribution in [2.24, 2.45) is 0 Å². The molecule has 26 heavy (non-hydrogen) atoms. The van der Waals surface area contributed by atoms with Crippen molar-refractivity contribution < 1.29 is 4.52 Å². The van der Waals surface area contributed by atoms with E-state index in [1.54, 1.807) is 12.4 Å². The zero-order valence-electron chi connectivity index (χ0n) is 14.6. The lowest BCUT2D eigenvalue weighted by Crippen LogP contribution is -2.19. The highest BCUT2D eigenvalue weighted by Crippen LogP contribution is 2.16. The van der Waals surface area contributed by atoms with Crippen LogP contribution in [0.15, 0.2) is 53.3 Å². The molecule has 0 N–H and O–H groups in total. The maximum absolute atomic E-state index is 5.36. The van der Waals surface area contributed by atoms with Gasteiger partial charge in [0.05, 0.1) is 29.0 Å². The normalized spacial score (nSPS) is 11.3. The smallest absolute Gasteiger partial charge is 0.241 e. The summed E-state index contributed by atoms with van der Waals surface area (Å²) in [5.41, 5.74) is 4.52. The van der Waals surface area contributed by atoms with Crippen LogP contribution < -0.4 is 0 Å². The molecule has 0 atom stereocenters. The summed E-state index contributed by atoms with van der Waals surface area (Å²) in [6.45, 7) is 3.16. The average Bonchev–Trinajstić information content (AvgIpc) is 3.11. The molecule has 0 unspecified atom stereocenters. The third-order valence-electron chi connectivity index (χ3n) is 4.06. The summed E-state index contributed by atoms with van der Waals surface area (Å²) < 4.78 is 5.36. The van der Waals surface area contributed by atoms with Crippen molar-refractivity contribution in [3.05, 3.63) is 66.1 Å². The van der Waals surface area contributed by atoms with E-state index < -0.39 is 0 Å². The summed E-state index contributed by atoms with van der Waals surface area (Å²) in [6.07, 6.45) is 3.43. The molecule has 0 saturated heterocycles. The Balaban J connectivity index is 1.48.